The zero-order valence-electron chi connectivity index (χ0n) is 20.0. The fourth-order valence-corrected chi connectivity index (χ4v) is 4.70. The molecule has 0 saturated heterocycles. The standard InChI is InChI=1S/C27H23FN4O4S/c1-16-24(26(34)32-19-9-11-20(35-2)12-10-19)25(22-4-3-13-36-22)21(14-29)27(30-16)37-15-23(33)31-18-7-5-17(28)6-8-18/h3-13,25,30H,15H2,1-2H3,(H,31,33)(H,32,34). The molecule has 0 bridgehead atoms. The lowest BCUT2D eigenvalue weighted by Crippen LogP contribution is -2.31. The summed E-state index contributed by atoms with van der Waals surface area (Å²) in [6.45, 7) is 1.73. The maximum absolute atomic E-state index is 13.4. The first-order valence-corrected chi connectivity index (χ1v) is 12.2. The smallest absolute Gasteiger partial charge is 0.254 e. The van der Waals surface area contributed by atoms with Crippen molar-refractivity contribution in [3.05, 3.63) is 100 Å². The molecule has 1 unspecified atom stereocenters. The molecule has 0 fully saturated rings. The van der Waals surface area contributed by atoms with Gasteiger partial charge < -0.3 is 25.1 Å². The lowest BCUT2D eigenvalue weighted by Gasteiger charge is -2.28. The molecule has 2 amide bonds. The van der Waals surface area contributed by atoms with Crippen LogP contribution in [0.5, 0.6) is 5.75 Å². The van der Waals surface area contributed by atoms with Gasteiger partial charge in [-0.25, -0.2) is 4.39 Å². The molecular formula is C27H23FN4O4S. The first-order valence-electron chi connectivity index (χ1n) is 11.2. The van der Waals surface area contributed by atoms with E-state index in [1.165, 1.54) is 30.5 Å². The van der Waals surface area contributed by atoms with E-state index in [4.69, 9.17) is 9.15 Å². The number of nitrogens with one attached hydrogen (secondary N) is 3. The summed E-state index contributed by atoms with van der Waals surface area (Å²) in [7, 11) is 1.56. The van der Waals surface area contributed by atoms with Crippen molar-refractivity contribution in [2.45, 2.75) is 12.8 Å². The predicted octanol–water partition coefficient (Wildman–Crippen LogP) is 5.13. The molecule has 0 saturated carbocycles. The number of dihydropyridines is 1. The number of methoxy groups -OCH3 is 1. The molecule has 0 aliphatic carbocycles. The van der Waals surface area contributed by atoms with Gasteiger partial charge in [0.15, 0.2) is 0 Å². The summed E-state index contributed by atoms with van der Waals surface area (Å²) in [5.41, 5.74) is 2.11. The number of amides is 2. The number of benzene rings is 2. The van der Waals surface area contributed by atoms with Crippen LogP contribution in [0.1, 0.15) is 18.6 Å². The van der Waals surface area contributed by atoms with Crippen LogP contribution in [0.2, 0.25) is 0 Å². The highest BCUT2D eigenvalue weighted by molar-refractivity contribution is 8.03. The van der Waals surface area contributed by atoms with Crippen molar-refractivity contribution in [1.82, 2.24) is 5.32 Å². The van der Waals surface area contributed by atoms with Crippen molar-refractivity contribution >= 4 is 35.0 Å². The van der Waals surface area contributed by atoms with Gasteiger partial charge in [-0.2, -0.15) is 5.26 Å². The van der Waals surface area contributed by atoms with Crippen LogP contribution >= 0.6 is 11.8 Å². The van der Waals surface area contributed by atoms with Gasteiger partial charge in [0.05, 0.1) is 47.3 Å². The Morgan fingerprint density at radius 3 is 2.41 bits per heavy atom. The third-order valence-electron chi connectivity index (χ3n) is 5.54. The molecule has 188 valence electrons. The normalized spacial score (nSPS) is 15.0. The van der Waals surface area contributed by atoms with Crippen LogP contribution in [-0.4, -0.2) is 24.7 Å². The van der Waals surface area contributed by atoms with Gasteiger partial charge in [0, 0.05) is 17.1 Å². The Morgan fingerprint density at radius 2 is 1.78 bits per heavy atom. The van der Waals surface area contributed by atoms with Crippen LogP contribution in [-0.2, 0) is 9.59 Å². The number of furan rings is 1. The fraction of sp³-hybridized carbons (Fsp3) is 0.148. The molecule has 0 radical (unpaired) electrons. The molecule has 1 atom stereocenters. The fourth-order valence-electron chi connectivity index (χ4n) is 3.81. The minimum absolute atomic E-state index is 0.0174. The molecule has 3 aromatic rings. The van der Waals surface area contributed by atoms with E-state index < -0.39 is 17.6 Å². The van der Waals surface area contributed by atoms with E-state index in [0.29, 0.717) is 39.2 Å². The third-order valence-corrected chi connectivity index (χ3v) is 6.56. The Kier molecular flexibility index (Phi) is 7.95. The second-order valence-corrected chi connectivity index (χ2v) is 8.98. The maximum Gasteiger partial charge on any atom is 0.254 e. The van der Waals surface area contributed by atoms with Crippen molar-refractivity contribution < 1.29 is 23.1 Å². The number of ether oxygens (including phenoxy) is 1. The SMILES string of the molecule is COc1ccc(NC(=O)C2=C(C)NC(SCC(=O)Nc3ccc(F)cc3)=C(C#N)C2c2ccco2)cc1. The van der Waals surface area contributed by atoms with Gasteiger partial charge in [0.25, 0.3) is 5.91 Å². The Morgan fingerprint density at radius 1 is 1.11 bits per heavy atom. The zero-order chi connectivity index (χ0) is 26.4. The van der Waals surface area contributed by atoms with E-state index in [1.807, 2.05) is 0 Å². The van der Waals surface area contributed by atoms with Crippen molar-refractivity contribution in [1.29, 1.82) is 5.26 Å². The van der Waals surface area contributed by atoms with Gasteiger partial charge in [-0.15, -0.1) is 0 Å². The third kappa shape index (κ3) is 6.02. The van der Waals surface area contributed by atoms with Crippen LogP contribution in [0.25, 0.3) is 0 Å². The highest BCUT2D eigenvalue weighted by atomic mass is 32.2. The van der Waals surface area contributed by atoms with Gasteiger partial charge in [0.2, 0.25) is 5.91 Å². The summed E-state index contributed by atoms with van der Waals surface area (Å²) in [4.78, 5) is 25.9. The van der Waals surface area contributed by atoms with Crippen molar-refractivity contribution in [2.75, 3.05) is 23.5 Å². The summed E-state index contributed by atoms with van der Waals surface area (Å²) in [5, 5.41) is 19.2. The number of thioether (sulfide) groups is 1. The first-order chi connectivity index (χ1) is 17.9. The zero-order valence-corrected chi connectivity index (χ0v) is 20.8. The van der Waals surface area contributed by atoms with Crippen LogP contribution < -0.4 is 20.7 Å². The highest BCUT2D eigenvalue weighted by Crippen LogP contribution is 2.41. The number of hydrogen-bond acceptors (Lipinski definition) is 7. The molecule has 1 aliphatic heterocycles. The predicted molar refractivity (Wildman–Crippen MR) is 139 cm³/mol. The van der Waals surface area contributed by atoms with Crippen LogP contribution in [0, 0.1) is 17.1 Å². The van der Waals surface area contributed by atoms with E-state index >= 15 is 0 Å². The largest absolute Gasteiger partial charge is 0.497 e. The van der Waals surface area contributed by atoms with Crippen LogP contribution in [0.4, 0.5) is 15.8 Å². The van der Waals surface area contributed by atoms with Gasteiger partial charge >= 0.3 is 0 Å². The number of allylic oxidation sites excluding steroid dienone is 2. The Balaban J connectivity index is 1.56. The molecule has 1 aromatic heterocycles. The van der Waals surface area contributed by atoms with E-state index in [0.717, 1.165) is 11.8 Å². The minimum Gasteiger partial charge on any atom is -0.497 e. The first kappa shape index (κ1) is 25.6. The second kappa shape index (κ2) is 11.5. The maximum atomic E-state index is 13.4. The summed E-state index contributed by atoms with van der Waals surface area (Å²) in [5.74, 6) is -0.851. The Hall–Kier alpha value is -4.49. The van der Waals surface area contributed by atoms with Gasteiger partial charge in [-0.05, 0) is 67.6 Å². The second-order valence-electron chi connectivity index (χ2n) is 7.99. The molecule has 0 spiro atoms. The van der Waals surface area contributed by atoms with Crippen LogP contribution in [0.3, 0.4) is 0 Å². The van der Waals surface area contributed by atoms with Crippen LogP contribution in [0.15, 0.2) is 93.2 Å². The van der Waals surface area contributed by atoms with Gasteiger partial charge in [-0.1, -0.05) is 11.8 Å². The quantitative estimate of drug-likeness (QED) is 0.378. The Labute approximate surface area is 217 Å². The number of anilines is 2. The van der Waals surface area contributed by atoms with Crippen molar-refractivity contribution in [3.63, 3.8) is 0 Å². The van der Waals surface area contributed by atoms with E-state index in [9.17, 15) is 19.2 Å². The highest BCUT2D eigenvalue weighted by Gasteiger charge is 2.36. The topological polar surface area (TPSA) is 116 Å². The molecular weight excluding hydrogens is 495 g/mol. The van der Waals surface area contributed by atoms with E-state index in [-0.39, 0.29) is 17.2 Å². The van der Waals surface area contributed by atoms with Gasteiger partial charge in [0.1, 0.15) is 17.3 Å². The molecule has 2 aromatic carbocycles. The monoisotopic (exact) mass is 518 g/mol. The van der Waals surface area contributed by atoms with E-state index in [1.54, 1.807) is 50.4 Å². The summed E-state index contributed by atoms with van der Waals surface area (Å²) in [6.07, 6.45) is 1.48. The molecule has 37 heavy (non-hydrogen) atoms. The number of rotatable bonds is 8. The van der Waals surface area contributed by atoms with Crippen molar-refractivity contribution in [2.24, 2.45) is 0 Å². The summed E-state index contributed by atoms with van der Waals surface area (Å²) < 4.78 is 23.9. The number of nitriles is 1. The average Bonchev–Trinajstić information content (AvgIpc) is 3.43. The average molecular weight is 519 g/mol. The minimum atomic E-state index is -0.776. The number of nitrogens with zero attached hydrogens (tertiary/aromatic N) is 1. The molecule has 8 nitrogen and oxygen atoms in total. The number of halogens is 1. The molecule has 2 heterocycles. The number of hydrogen-bond donors (Lipinski definition) is 3. The van der Waals surface area contributed by atoms with Crippen molar-refractivity contribution in [3.8, 4) is 11.8 Å². The molecule has 3 N–H and O–H groups in total. The Bertz CT molecular complexity index is 1390. The van der Waals surface area contributed by atoms with Gasteiger partial charge in [-0.3, -0.25) is 9.59 Å². The lowest BCUT2D eigenvalue weighted by molar-refractivity contribution is -0.114. The molecule has 10 heteroatoms. The summed E-state index contributed by atoms with van der Waals surface area (Å²) >= 11 is 1.13. The molecule has 1 aliphatic rings. The lowest BCUT2D eigenvalue weighted by atomic mass is 9.85. The number of carbonyl (C=O) groups excluding carboxylic acids is 2. The molecule has 4 rings (SSSR count). The number of carbonyl (C=O) groups is 2. The summed E-state index contributed by atoms with van der Waals surface area (Å²) in [6, 6.07) is 17.9. The van der Waals surface area contributed by atoms with E-state index in [2.05, 4.69) is 22.0 Å².